The third-order valence-electron chi connectivity index (χ3n) is 2.52. The van der Waals surface area contributed by atoms with Crippen molar-refractivity contribution in [1.82, 2.24) is 4.57 Å². The normalized spacial score (nSPS) is 10.1. The lowest BCUT2D eigenvalue weighted by molar-refractivity contribution is 0.0600. The van der Waals surface area contributed by atoms with Crippen LogP contribution in [0.4, 0.5) is 0 Å². The van der Waals surface area contributed by atoms with Crippen LogP contribution in [0, 0.1) is 0 Å². The molecule has 0 N–H and O–H groups in total. The third-order valence-corrected chi connectivity index (χ3v) is 3.02. The Kier molecular flexibility index (Phi) is 3.62. The van der Waals surface area contributed by atoms with Crippen molar-refractivity contribution in [2.24, 2.45) is 0 Å². The Labute approximate surface area is 112 Å². The lowest BCUT2D eigenvalue weighted by Crippen LogP contribution is -2.09. The molecule has 0 saturated carbocycles. The van der Waals surface area contributed by atoms with Gasteiger partial charge in [-0.05, 0) is 30.3 Å². The van der Waals surface area contributed by atoms with Crippen LogP contribution in [0.3, 0.4) is 0 Å². The van der Waals surface area contributed by atoms with E-state index in [1.807, 2.05) is 0 Å². The van der Waals surface area contributed by atoms with E-state index in [4.69, 9.17) is 4.74 Å². The van der Waals surface area contributed by atoms with Gasteiger partial charge in [0.05, 0.1) is 24.1 Å². The smallest absolute Gasteiger partial charge is 0.340 e. The highest BCUT2D eigenvalue weighted by atomic mass is 79.9. The van der Waals surface area contributed by atoms with Crippen LogP contribution < -0.4 is 0 Å². The topological polar surface area (TPSA) is 48.3 Å². The monoisotopic (exact) mass is 307 g/mol. The van der Waals surface area contributed by atoms with E-state index in [-0.39, 0.29) is 0 Å². The molecule has 0 amide bonds. The number of esters is 1. The summed E-state index contributed by atoms with van der Waals surface area (Å²) in [6.45, 7) is 0. The van der Waals surface area contributed by atoms with Gasteiger partial charge >= 0.3 is 5.97 Å². The number of hydrogen-bond acceptors (Lipinski definition) is 3. The van der Waals surface area contributed by atoms with E-state index >= 15 is 0 Å². The minimum atomic E-state index is -0.447. The zero-order chi connectivity index (χ0) is 13.1. The van der Waals surface area contributed by atoms with Crippen LogP contribution >= 0.6 is 15.9 Å². The molecule has 0 radical (unpaired) electrons. The van der Waals surface area contributed by atoms with Gasteiger partial charge in [0, 0.05) is 10.7 Å². The van der Waals surface area contributed by atoms with Crippen LogP contribution in [-0.2, 0) is 4.74 Å². The fourth-order valence-corrected chi connectivity index (χ4v) is 2.06. The molecule has 0 fully saturated rings. The molecule has 2 rings (SSSR count). The summed E-state index contributed by atoms with van der Waals surface area (Å²) in [6.07, 6.45) is 2.46. The summed E-state index contributed by atoms with van der Waals surface area (Å²) in [6, 6.07) is 8.64. The predicted molar refractivity (Wildman–Crippen MR) is 70.2 cm³/mol. The summed E-state index contributed by atoms with van der Waals surface area (Å²) in [5.74, 6) is -0.447. The van der Waals surface area contributed by atoms with Gasteiger partial charge in [-0.1, -0.05) is 15.9 Å². The Hall–Kier alpha value is -1.88. The zero-order valence-electron chi connectivity index (χ0n) is 9.59. The maximum Gasteiger partial charge on any atom is 0.340 e. The maximum absolute atomic E-state index is 11.7. The molecule has 0 aliphatic carbocycles. The molecule has 1 aromatic carbocycles. The van der Waals surface area contributed by atoms with E-state index in [1.165, 1.54) is 7.11 Å². The number of carbonyl (C=O) groups is 2. The molecule has 0 atom stereocenters. The first-order valence-corrected chi connectivity index (χ1v) is 5.97. The van der Waals surface area contributed by atoms with Crippen LogP contribution in [0.5, 0.6) is 0 Å². The van der Waals surface area contributed by atoms with Crippen molar-refractivity contribution in [2.45, 2.75) is 0 Å². The molecule has 2 aromatic rings. The Balaban J connectivity index is 2.64. The van der Waals surface area contributed by atoms with Gasteiger partial charge in [0.15, 0.2) is 6.29 Å². The second kappa shape index (κ2) is 5.18. The fraction of sp³-hybridized carbons (Fsp3) is 0.0769. The average Bonchev–Trinajstić information content (AvgIpc) is 2.85. The third kappa shape index (κ3) is 2.22. The molecule has 18 heavy (non-hydrogen) atoms. The standard InChI is InChI=1S/C13H10BrNO3/c1-18-13(17)11-7-9(14)4-5-12(11)15-6-2-3-10(15)8-16/h2-8H,1H3. The number of rotatable bonds is 3. The Morgan fingerprint density at radius 2 is 2.17 bits per heavy atom. The number of aldehydes is 1. The van der Waals surface area contributed by atoms with Crippen LogP contribution in [0.1, 0.15) is 20.8 Å². The first-order valence-electron chi connectivity index (χ1n) is 5.18. The number of hydrogen-bond donors (Lipinski definition) is 0. The van der Waals surface area contributed by atoms with Crippen molar-refractivity contribution in [3.63, 3.8) is 0 Å². The highest BCUT2D eigenvalue weighted by molar-refractivity contribution is 9.10. The highest BCUT2D eigenvalue weighted by Gasteiger charge is 2.15. The highest BCUT2D eigenvalue weighted by Crippen LogP contribution is 2.22. The Bertz CT molecular complexity index is 604. The molecule has 0 saturated heterocycles. The molecular formula is C13H10BrNO3. The number of methoxy groups -OCH3 is 1. The van der Waals surface area contributed by atoms with E-state index < -0.39 is 5.97 Å². The van der Waals surface area contributed by atoms with Crippen LogP contribution in [-0.4, -0.2) is 23.9 Å². The number of halogens is 1. The van der Waals surface area contributed by atoms with Gasteiger partial charge in [0.1, 0.15) is 0 Å². The molecule has 1 heterocycles. The Morgan fingerprint density at radius 3 is 2.83 bits per heavy atom. The summed E-state index contributed by atoms with van der Waals surface area (Å²) in [4.78, 5) is 22.7. The zero-order valence-corrected chi connectivity index (χ0v) is 11.2. The molecule has 0 bridgehead atoms. The van der Waals surface area contributed by atoms with E-state index in [2.05, 4.69) is 15.9 Å². The molecule has 4 nitrogen and oxygen atoms in total. The van der Waals surface area contributed by atoms with Gasteiger partial charge < -0.3 is 9.30 Å². The molecule has 0 aliphatic heterocycles. The summed E-state index contributed by atoms with van der Waals surface area (Å²) < 4.78 is 7.16. The largest absolute Gasteiger partial charge is 0.465 e. The van der Waals surface area contributed by atoms with Crippen LogP contribution in [0.15, 0.2) is 41.0 Å². The summed E-state index contributed by atoms with van der Waals surface area (Å²) >= 11 is 3.31. The van der Waals surface area contributed by atoms with Crippen molar-refractivity contribution in [2.75, 3.05) is 7.11 Å². The molecule has 0 spiro atoms. The van der Waals surface area contributed by atoms with Gasteiger partial charge in [0.2, 0.25) is 0 Å². The molecule has 1 aromatic heterocycles. The van der Waals surface area contributed by atoms with Crippen molar-refractivity contribution in [1.29, 1.82) is 0 Å². The number of ether oxygens (including phenoxy) is 1. The summed E-state index contributed by atoms with van der Waals surface area (Å²) in [7, 11) is 1.32. The lowest BCUT2D eigenvalue weighted by Gasteiger charge is -2.11. The molecular weight excluding hydrogens is 298 g/mol. The molecule has 92 valence electrons. The summed E-state index contributed by atoms with van der Waals surface area (Å²) in [5.41, 5.74) is 1.48. The van der Waals surface area contributed by atoms with Crippen LogP contribution in [0.2, 0.25) is 0 Å². The van der Waals surface area contributed by atoms with E-state index in [9.17, 15) is 9.59 Å². The molecule has 5 heteroatoms. The van der Waals surface area contributed by atoms with Gasteiger partial charge in [-0.15, -0.1) is 0 Å². The van der Waals surface area contributed by atoms with Crippen molar-refractivity contribution >= 4 is 28.2 Å². The second-order valence-electron chi connectivity index (χ2n) is 3.57. The SMILES string of the molecule is COC(=O)c1cc(Br)ccc1-n1cccc1C=O. The number of carbonyl (C=O) groups excluding carboxylic acids is 2. The van der Waals surface area contributed by atoms with Crippen LogP contribution in [0.25, 0.3) is 5.69 Å². The van der Waals surface area contributed by atoms with E-state index in [1.54, 1.807) is 41.1 Å². The summed E-state index contributed by atoms with van der Waals surface area (Å²) in [5, 5.41) is 0. The molecule has 0 unspecified atom stereocenters. The average molecular weight is 308 g/mol. The van der Waals surface area contributed by atoms with Gasteiger partial charge in [-0.2, -0.15) is 0 Å². The predicted octanol–water partition coefficient (Wildman–Crippen LogP) is 2.84. The van der Waals surface area contributed by atoms with Gasteiger partial charge in [-0.3, -0.25) is 4.79 Å². The number of aromatic nitrogens is 1. The lowest BCUT2D eigenvalue weighted by atomic mass is 10.1. The number of benzene rings is 1. The van der Waals surface area contributed by atoms with Crippen molar-refractivity contribution in [3.05, 3.63) is 52.3 Å². The van der Waals surface area contributed by atoms with Gasteiger partial charge in [-0.25, -0.2) is 4.79 Å². The van der Waals surface area contributed by atoms with E-state index in [0.717, 1.165) is 10.8 Å². The Morgan fingerprint density at radius 1 is 1.39 bits per heavy atom. The maximum atomic E-state index is 11.7. The minimum Gasteiger partial charge on any atom is -0.465 e. The first-order chi connectivity index (χ1) is 8.67. The van der Waals surface area contributed by atoms with E-state index in [0.29, 0.717) is 16.9 Å². The van der Waals surface area contributed by atoms with Crippen molar-refractivity contribution < 1.29 is 14.3 Å². The fourth-order valence-electron chi connectivity index (χ4n) is 1.70. The molecule has 0 aliphatic rings. The number of nitrogens with zero attached hydrogens (tertiary/aromatic N) is 1. The quantitative estimate of drug-likeness (QED) is 0.647. The first kappa shape index (κ1) is 12.6. The van der Waals surface area contributed by atoms with Gasteiger partial charge in [0.25, 0.3) is 0 Å². The minimum absolute atomic E-state index is 0.395. The van der Waals surface area contributed by atoms with Crippen molar-refractivity contribution in [3.8, 4) is 5.69 Å². The second-order valence-corrected chi connectivity index (χ2v) is 4.49.